The average Bonchev–Trinajstić information content (AvgIpc) is 2.58. The summed E-state index contributed by atoms with van der Waals surface area (Å²) >= 11 is 0. The lowest BCUT2D eigenvalue weighted by molar-refractivity contribution is 0.0506. The second-order valence-electron chi connectivity index (χ2n) is 9.13. The molecule has 0 saturated carbocycles. The van der Waals surface area contributed by atoms with Crippen molar-refractivity contribution in [2.45, 2.75) is 59.4 Å². The Kier molecular flexibility index (Phi) is 7.42. The van der Waals surface area contributed by atoms with Crippen LogP contribution in [0.25, 0.3) is 0 Å². The van der Waals surface area contributed by atoms with Crippen LogP contribution in [-0.4, -0.2) is 25.7 Å². The molecule has 1 atom stereocenters. The number of rotatable bonds is 6. The molecule has 152 valence electrons. The second kappa shape index (κ2) is 9.20. The first-order valence-corrected chi connectivity index (χ1v) is 10.7. The Morgan fingerprint density at radius 1 is 1.00 bits per heavy atom. The highest BCUT2D eigenvalue weighted by Crippen LogP contribution is 2.34. The largest absolute Gasteiger partial charge is 0.467 e. The topological polar surface area (TPSA) is 30.8 Å². The summed E-state index contributed by atoms with van der Waals surface area (Å²) in [5.74, 6) is 0.945. The van der Waals surface area contributed by atoms with E-state index in [1.807, 2.05) is 6.21 Å². The highest BCUT2D eigenvalue weighted by atomic mass is 31.1. The van der Waals surface area contributed by atoms with Gasteiger partial charge in [-0.3, -0.25) is 4.99 Å². The van der Waals surface area contributed by atoms with Crippen molar-refractivity contribution in [3.63, 3.8) is 0 Å². The Balaban J connectivity index is 2.52. The molecule has 0 aliphatic carbocycles. The summed E-state index contributed by atoms with van der Waals surface area (Å²) in [6.45, 7) is 15.4. The van der Waals surface area contributed by atoms with Gasteiger partial charge in [0, 0.05) is 29.8 Å². The molecular formula is C24H34NO2P. The van der Waals surface area contributed by atoms with Crippen LogP contribution in [0.5, 0.6) is 5.75 Å². The molecule has 2 aromatic carbocycles. The van der Waals surface area contributed by atoms with E-state index in [1.165, 1.54) is 21.7 Å². The molecule has 2 rings (SSSR count). The summed E-state index contributed by atoms with van der Waals surface area (Å²) in [7, 11) is 2.14. The summed E-state index contributed by atoms with van der Waals surface area (Å²) in [6.07, 6.45) is 2.00. The molecule has 0 aromatic heterocycles. The predicted molar refractivity (Wildman–Crippen MR) is 124 cm³/mol. The number of benzene rings is 2. The van der Waals surface area contributed by atoms with Gasteiger partial charge in [0.05, 0.1) is 5.54 Å². The molecule has 0 fully saturated rings. The zero-order valence-corrected chi connectivity index (χ0v) is 19.5. The monoisotopic (exact) mass is 399 g/mol. The first kappa shape index (κ1) is 22.6. The minimum Gasteiger partial charge on any atom is -0.467 e. The maximum absolute atomic E-state index is 6.08. The third-order valence-corrected chi connectivity index (χ3v) is 5.55. The molecule has 0 N–H and O–H groups in total. The van der Waals surface area contributed by atoms with Gasteiger partial charge in [0.25, 0.3) is 0 Å². The first-order valence-electron chi connectivity index (χ1n) is 9.69. The zero-order valence-electron chi connectivity index (χ0n) is 18.5. The second-order valence-corrected chi connectivity index (χ2v) is 10.5. The standard InChI is InChI=1S/C24H34NO2P/c1-17-13-19(23(2,3)4)22(27-16-26-8)21(14-17)28-20-12-10-9-11-18(20)15-25-24(5,6)7/h9-15,28H,16H2,1-8H3. The quantitative estimate of drug-likeness (QED) is 0.383. The maximum Gasteiger partial charge on any atom is 0.188 e. The Bertz CT molecular complexity index is 829. The molecule has 0 bridgehead atoms. The van der Waals surface area contributed by atoms with Gasteiger partial charge in [-0.25, -0.2) is 0 Å². The summed E-state index contributed by atoms with van der Waals surface area (Å²) in [6, 6.07) is 12.9. The van der Waals surface area contributed by atoms with Crippen LogP contribution >= 0.6 is 8.58 Å². The van der Waals surface area contributed by atoms with Crippen molar-refractivity contribution in [1.82, 2.24) is 0 Å². The number of aryl methyl sites for hydroxylation is 1. The third-order valence-electron chi connectivity index (χ3n) is 4.18. The van der Waals surface area contributed by atoms with Gasteiger partial charge >= 0.3 is 0 Å². The fraction of sp³-hybridized carbons (Fsp3) is 0.458. The van der Waals surface area contributed by atoms with Crippen molar-refractivity contribution >= 4 is 25.4 Å². The van der Waals surface area contributed by atoms with E-state index in [0.717, 1.165) is 11.3 Å². The minimum atomic E-state index is -0.0916. The van der Waals surface area contributed by atoms with Crippen molar-refractivity contribution < 1.29 is 9.47 Å². The molecule has 0 heterocycles. The van der Waals surface area contributed by atoms with Crippen LogP contribution in [0.3, 0.4) is 0 Å². The van der Waals surface area contributed by atoms with E-state index in [9.17, 15) is 0 Å². The molecule has 4 heteroatoms. The van der Waals surface area contributed by atoms with Gasteiger partial charge in [-0.05, 0) is 50.0 Å². The third kappa shape index (κ3) is 6.43. The van der Waals surface area contributed by atoms with Crippen LogP contribution in [0.15, 0.2) is 41.4 Å². The lowest BCUT2D eigenvalue weighted by atomic mass is 9.85. The van der Waals surface area contributed by atoms with Crippen molar-refractivity contribution in [3.05, 3.63) is 53.1 Å². The summed E-state index contributed by atoms with van der Waals surface area (Å²) in [5, 5.41) is 2.47. The van der Waals surface area contributed by atoms with E-state index in [2.05, 4.69) is 84.9 Å². The molecule has 28 heavy (non-hydrogen) atoms. The fourth-order valence-corrected chi connectivity index (χ4v) is 4.21. The van der Waals surface area contributed by atoms with Crippen LogP contribution in [0.2, 0.25) is 0 Å². The Labute approximate surface area is 172 Å². The normalized spacial score (nSPS) is 13.0. The van der Waals surface area contributed by atoms with Crippen molar-refractivity contribution in [1.29, 1.82) is 0 Å². The van der Waals surface area contributed by atoms with E-state index in [1.54, 1.807) is 7.11 Å². The Morgan fingerprint density at radius 2 is 1.68 bits per heavy atom. The van der Waals surface area contributed by atoms with Crippen molar-refractivity contribution in [3.8, 4) is 5.75 Å². The Morgan fingerprint density at radius 3 is 2.29 bits per heavy atom. The summed E-state index contributed by atoms with van der Waals surface area (Å²) in [5.41, 5.74) is 3.52. The van der Waals surface area contributed by atoms with Gasteiger partial charge < -0.3 is 9.47 Å². The average molecular weight is 400 g/mol. The molecule has 0 amide bonds. The first-order chi connectivity index (χ1) is 13.0. The highest BCUT2D eigenvalue weighted by molar-refractivity contribution is 7.56. The fourth-order valence-electron chi connectivity index (χ4n) is 2.83. The molecule has 0 aliphatic rings. The van der Waals surface area contributed by atoms with Gasteiger partial charge in [-0.15, -0.1) is 0 Å². The van der Waals surface area contributed by atoms with Crippen LogP contribution < -0.4 is 15.3 Å². The van der Waals surface area contributed by atoms with Crippen LogP contribution in [0.4, 0.5) is 0 Å². The number of hydrogen-bond acceptors (Lipinski definition) is 3. The van der Waals surface area contributed by atoms with Gasteiger partial charge in [-0.1, -0.05) is 59.7 Å². The summed E-state index contributed by atoms with van der Waals surface area (Å²) in [4.78, 5) is 4.70. The SMILES string of the molecule is COCOc1c(Pc2ccccc2C=NC(C)(C)C)cc(C)cc1C(C)(C)C. The molecule has 2 aromatic rings. The number of hydrogen-bond donors (Lipinski definition) is 0. The van der Waals surface area contributed by atoms with Gasteiger partial charge in [-0.2, -0.15) is 0 Å². The lowest BCUT2D eigenvalue weighted by Gasteiger charge is -2.26. The zero-order chi connectivity index (χ0) is 20.9. The molecule has 0 spiro atoms. The molecule has 3 nitrogen and oxygen atoms in total. The van der Waals surface area contributed by atoms with Crippen LogP contribution in [0.1, 0.15) is 58.2 Å². The number of ether oxygens (including phenoxy) is 2. The number of nitrogens with zero attached hydrogens (tertiary/aromatic N) is 1. The predicted octanol–water partition coefficient (Wildman–Crippen LogP) is 5.12. The lowest BCUT2D eigenvalue weighted by Crippen LogP contribution is -2.21. The molecule has 0 radical (unpaired) electrons. The van der Waals surface area contributed by atoms with Crippen LogP contribution in [-0.2, 0) is 10.2 Å². The molecular weight excluding hydrogens is 365 g/mol. The van der Waals surface area contributed by atoms with E-state index < -0.39 is 0 Å². The van der Waals surface area contributed by atoms with E-state index in [4.69, 9.17) is 14.5 Å². The van der Waals surface area contributed by atoms with Gasteiger partial charge in [0.15, 0.2) is 6.79 Å². The minimum absolute atomic E-state index is 0.0124. The van der Waals surface area contributed by atoms with Crippen molar-refractivity contribution in [2.24, 2.45) is 4.99 Å². The molecule has 0 saturated heterocycles. The molecule has 1 unspecified atom stereocenters. The highest BCUT2D eigenvalue weighted by Gasteiger charge is 2.23. The number of aliphatic imine (C=N–C) groups is 1. The summed E-state index contributed by atoms with van der Waals surface area (Å²) < 4.78 is 11.3. The van der Waals surface area contributed by atoms with Crippen LogP contribution in [0, 0.1) is 6.92 Å². The van der Waals surface area contributed by atoms with E-state index in [0.29, 0.717) is 8.58 Å². The smallest absolute Gasteiger partial charge is 0.188 e. The van der Waals surface area contributed by atoms with Gasteiger partial charge in [0.1, 0.15) is 5.75 Å². The number of methoxy groups -OCH3 is 1. The van der Waals surface area contributed by atoms with E-state index >= 15 is 0 Å². The van der Waals surface area contributed by atoms with Gasteiger partial charge in [0.2, 0.25) is 0 Å². The van der Waals surface area contributed by atoms with E-state index in [-0.39, 0.29) is 17.7 Å². The Hall–Kier alpha value is -1.70. The molecule has 0 aliphatic heterocycles. The van der Waals surface area contributed by atoms with Crippen molar-refractivity contribution in [2.75, 3.05) is 13.9 Å². The maximum atomic E-state index is 6.08.